The van der Waals surface area contributed by atoms with Gasteiger partial charge in [0.05, 0.1) is 30.2 Å². The Balaban J connectivity index is 0.00000338. The molecule has 0 radical (unpaired) electrons. The van der Waals surface area contributed by atoms with Gasteiger partial charge >= 0.3 is 6.18 Å². The first kappa shape index (κ1) is 22.2. The van der Waals surface area contributed by atoms with Crippen LogP contribution in [0.2, 0.25) is 5.02 Å². The largest absolute Gasteiger partial charge is 0.417 e. The number of benzene rings is 1. The molecule has 0 atom stereocenters. The molecule has 7 nitrogen and oxygen atoms in total. The van der Waals surface area contributed by atoms with Gasteiger partial charge < -0.3 is 15.6 Å². The van der Waals surface area contributed by atoms with Gasteiger partial charge in [-0.2, -0.15) is 18.2 Å². The average molecular weight is 414 g/mol. The van der Waals surface area contributed by atoms with Crippen molar-refractivity contribution >= 4 is 35.6 Å². The van der Waals surface area contributed by atoms with E-state index in [9.17, 15) is 18.0 Å². The Morgan fingerprint density at radius 3 is 2.69 bits per heavy atom. The molecule has 144 valence electrons. The van der Waals surface area contributed by atoms with Crippen LogP contribution >= 0.6 is 24.0 Å². The number of hydrogen-bond acceptors (Lipinski definition) is 6. The molecule has 1 aromatic heterocycles. The molecule has 1 heterocycles. The molecule has 0 aliphatic carbocycles. The quantitative estimate of drug-likeness (QED) is 0.755. The van der Waals surface area contributed by atoms with Crippen LogP contribution in [0.5, 0.6) is 0 Å². The zero-order valence-corrected chi connectivity index (χ0v) is 15.1. The lowest BCUT2D eigenvalue weighted by Crippen LogP contribution is -2.30. The van der Waals surface area contributed by atoms with Crippen LogP contribution in [-0.2, 0) is 24.1 Å². The highest BCUT2D eigenvalue weighted by Gasteiger charge is 2.33. The predicted molar refractivity (Wildman–Crippen MR) is 90.9 cm³/mol. The Morgan fingerprint density at radius 2 is 2.12 bits per heavy atom. The molecule has 0 bridgehead atoms. The summed E-state index contributed by atoms with van der Waals surface area (Å²) in [4.78, 5) is 17.5. The molecule has 0 saturated carbocycles. The van der Waals surface area contributed by atoms with E-state index in [0.717, 1.165) is 12.1 Å². The molecule has 26 heavy (non-hydrogen) atoms. The zero-order valence-electron chi connectivity index (χ0n) is 13.5. The number of rotatable bonds is 6. The highest BCUT2D eigenvalue weighted by Crippen LogP contribution is 2.36. The van der Waals surface area contributed by atoms with Crippen molar-refractivity contribution in [2.45, 2.75) is 19.3 Å². The van der Waals surface area contributed by atoms with E-state index in [-0.39, 0.29) is 43.6 Å². The van der Waals surface area contributed by atoms with Crippen molar-refractivity contribution in [3.05, 3.63) is 40.5 Å². The molecule has 0 aliphatic heterocycles. The third-order valence-corrected chi connectivity index (χ3v) is 3.39. The lowest BCUT2D eigenvalue weighted by Gasteiger charge is -2.15. The third-order valence-electron chi connectivity index (χ3n) is 3.07. The number of halogens is 5. The molecule has 2 rings (SSSR count). The normalized spacial score (nSPS) is 11.3. The van der Waals surface area contributed by atoms with Crippen LogP contribution in [0.25, 0.3) is 0 Å². The minimum Gasteiger partial charge on any atom is -0.338 e. The summed E-state index contributed by atoms with van der Waals surface area (Å²) < 4.78 is 43.3. The van der Waals surface area contributed by atoms with Gasteiger partial charge in [0.15, 0.2) is 5.82 Å². The lowest BCUT2D eigenvalue weighted by atomic mass is 10.2. The first-order valence-corrected chi connectivity index (χ1v) is 7.43. The summed E-state index contributed by atoms with van der Waals surface area (Å²) >= 11 is 5.53. The van der Waals surface area contributed by atoms with Crippen LogP contribution in [0.4, 0.5) is 18.9 Å². The number of hydrogen-bond donors (Lipinski definition) is 2. The third kappa shape index (κ3) is 6.13. The maximum atomic E-state index is 12.8. The Kier molecular flexibility index (Phi) is 7.82. The van der Waals surface area contributed by atoms with Gasteiger partial charge in [-0.25, -0.2) is 0 Å². The Bertz CT molecular complexity index is 754. The van der Waals surface area contributed by atoms with E-state index in [1.165, 1.54) is 6.07 Å². The van der Waals surface area contributed by atoms with E-state index in [0.29, 0.717) is 5.82 Å². The molecule has 0 saturated heterocycles. The first-order chi connectivity index (χ1) is 11.7. The van der Waals surface area contributed by atoms with E-state index in [4.69, 9.17) is 21.9 Å². The number of alkyl halides is 3. The maximum absolute atomic E-state index is 12.8. The molecular weight excluding hydrogens is 398 g/mol. The van der Waals surface area contributed by atoms with E-state index in [1.807, 2.05) is 0 Å². The average Bonchev–Trinajstić information content (AvgIpc) is 2.95. The van der Waals surface area contributed by atoms with E-state index >= 15 is 0 Å². The van der Waals surface area contributed by atoms with Crippen LogP contribution in [0.3, 0.4) is 0 Å². The minimum absolute atomic E-state index is 0. The highest BCUT2D eigenvalue weighted by atomic mass is 35.5. The van der Waals surface area contributed by atoms with E-state index in [1.54, 1.807) is 11.9 Å². The molecule has 3 N–H and O–H groups in total. The molecule has 2 aromatic rings. The number of carbonyl (C=O) groups is 1. The fourth-order valence-corrected chi connectivity index (χ4v) is 2.23. The van der Waals surface area contributed by atoms with Gasteiger partial charge in [-0.05, 0) is 25.2 Å². The van der Waals surface area contributed by atoms with Crippen LogP contribution in [0.1, 0.15) is 17.3 Å². The van der Waals surface area contributed by atoms with Crippen LogP contribution in [0, 0.1) is 0 Å². The fraction of sp³-hybridized carbons (Fsp3) is 0.357. The minimum atomic E-state index is -4.60. The molecule has 1 amide bonds. The topological polar surface area (TPSA) is 97.3 Å². The van der Waals surface area contributed by atoms with Gasteiger partial charge in [-0.15, -0.1) is 12.4 Å². The fourth-order valence-electron chi connectivity index (χ4n) is 2.00. The van der Waals surface area contributed by atoms with Crippen LogP contribution in [0.15, 0.2) is 22.7 Å². The van der Waals surface area contributed by atoms with Gasteiger partial charge in [-0.1, -0.05) is 16.8 Å². The summed E-state index contributed by atoms with van der Waals surface area (Å²) in [5, 5.41) is 5.64. The summed E-state index contributed by atoms with van der Waals surface area (Å²) in [6.45, 7) is 0.233. The molecule has 0 fully saturated rings. The highest BCUT2D eigenvalue weighted by molar-refractivity contribution is 6.31. The standard InChI is InChI=1S/C14H15ClF3N5O2.ClH/c1-23(6-11-21-13(5-19)25-22-11)7-12(24)20-8-2-3-10(15)9(4-8)14(16,17)18;/h2-4H,5-7,19H2,1H3,(H,20,24);1H. The molecule has 0 unspecified atom stereocenters. The second kappa shape index (κ2) is 9.17. The second-order valence-electron chi connectivity index (χ2n) is 5.22. The van der Waals surface area contributed by atoms with Crippen molar-refractivity contribution in [2.24, 2.45) is 5.73 Å². The molecule has 1 aromatic carbocycles. The molecule has 0 spiro atoms. The van der Waals surface area contributed by atoms with Gasteiger partial charge in [0.2, 0.25) is 11.8 Å². The summed E-state index contributed by atoms with van der Waals surface area (Å²) in [7, 11) is 1.63. The lowest BCUT2D eigenvalue weighted by molar-refractivity contribution is -0.137. The first-order valence-electron chi connectivity index (χ1n) is 7.05. The van der Waals surface area contributed by atoms with E-state index in [2.05, 4.69) is 15.5 Å². The molecular formula is C14H16Cl2F3N5O2. The van der Waals surface area contributed by atoms with Crippen LogP contribution < -0.4 is 11.1 Å². The van der Waals surface area contributed by atoms with Crippen molar-refractivity contribution in [3.63, 3.8) is 0 Å². The number of amides is 1. The smallest absolute Gasteiger partial charge is 0.338 e. The predicted octanol–water partition coefficient (Wildman–Crippen LogP) is 2.69. The van der Waals surface area contributed by atoms with E-state index < -0.39 is 22.7 Å². The number of anilines is 1. The van der Waals surface area contributed by atoms with Crippen molar-refractivity contribution in [1.82, 2.24) is 15.0 Å². The monoisotopic (exact) mass is 413 g/mol. The number of carbonyl (C=O) groups excluding carboxylic acids is 1. The molecule has 0 aliphatic rings. The van der Waals surface area contributed by atoms with Crippen molar-refractivity contribution in [2.75, 3.05) is 18.9 Å². The zero-order chi connectivity index (χ0) is 18.6. The Labute approximate surface area is 158 Å². The summed E-state index contributed by atoms with van der Waals surface area (Å²) in [5.41, 5.74) is 4.34. The summed E-state index contributed by atoms with van der Waals surface area (Å²) in [6, 6.07) is 3.16. The number of nitrogens with two attached hydrogens (primary N) is 1. The number of nitrogens with zero attached hydrogens (tertiary/aromatic N) is 3. The van der Waals surface area contributed by atoms with Crippen molar-refractivity contribution in [3.8, 4) is 0 Å². The van der Waals surface area contributed by atoms with Gasteiger partial charge in [0.1, 0.15) is 0 Å². The number of nitrogens with one attached hydrogen (secondary N) is 1. The summed E-state index contributed by atoms with van der Waals surface area (Å²) in [5.74, 6) is 0.121. The van der Waals surface area contributed by atoms with Crippen molar-refractivity contribution in [1.29, 1.82) is 0 Å². The summed E-state index contributed by atoms with van der Waals surface area (Å²) in [6.07, 6.45) is -4.60. The van der Waals surface area contributed by atoms with Gasteiger partial charge in [0.25, 0.3) is 0 Å². The SMILES string of the molecule is CN(CC(=O)Nc1ccc(Cl)c(C(F)(F)F)c1)Cc1noc(CN)n1.Cl. The second-order valence-corrected chi connectivity index (χ2v) is 5.63. The maximum Gasteiger partial charge on any atom is 0.417 e. The molecule has 12 heteroatoms. The van der Waals surface area contributed by atoms with Crippen LogP contribution in [-0.4, -0.2) is 34.5 Å². The van der Waals surface area contributed by atoms with Crippen molar-refractivity contribution < 1.29 is 22.5 Å². The Morgan fingerprint density at radius 1 is 1.42 bits per heavy atom. The Hall–Kier alpha value is -1.88. The number of aromatic nitrogens is 2. The van der Waals surface area contributed by atoms with Gasteiger partial charge in [-0.3, -0.25) is 9.69 Å². The van der Waals surface area contributed by atoms with Gasteiger partial charge in [0, 0.05) is 5.69 Å². The number of likely N-dealkylation sites (N-methyl/N-ethyl adjacent to an activating group) is 1.